The molecule has 0 saturated heterocycles. The van der Waals surface area contributed by atoms with Crippen LogP contribution < -0.4 is 15.0 Å². The first-order chi connectivity index (χ1) is 9.30. The summed E-state index contributed by atoms with van der Waals surface area (Å²) in [5.74, 6) is 3.29. The summed E-state index contributed by atoms with van der Waals surface area (Å²) >= 11 is 0. The lowest BCUT2D eigenvalue weighted by Gasteiger charge is -2.24. The van der Waals surface area contributed by atoms with E-state index in [0.29, 0.717) is 0 Å². The van der Waals surface area contributed by atoms with Gasteiger partial charge in [0.25, 0.3) is 0 Å². The molecule has 1 fully saturated rings. The third-order valence-electron chi connectivity index (χ3n) is 3.39. The number of hydrogen-bond donors (Lipinski definition) is 1. The van der Waals surface area contributed by atoms with Crippen LogP contribution >= 0.6 is 0 Å². The van der Waals surface area contributed by atoms with Crippen molar-refractivity contribution in [3.05, 3.63) is 6.33 Å². The van der Waals surface area contributed by atoms with Gasteiger partial charge in [-0.05, 0) is 32.1 Å². The van der Waals surface area contributed by atoms with Crippen molar-refractivity contribution >= 4 is 11.6 Å². The van der Waals surface area contributed by atoms with Crippen LogP contribution in [-0.2, 0) is 0 Å². The molecule has 0 aromatic carbocycles. The summed E-state index contributed by atoms with van der Waals surface area (Å²) in [7, 11) is 1.68. The van der Waals surface area contributed by atoms with Gasteiger partial charge >= 0.3 is 0 Å². The summed E-state index contributed by atoms with van der Waals surface area (Å²) in [6.45, 7) is 7.19. The van der Waals surface area contributed by atoms with Gasteiger partial charge in [-0.15, -0.1) is 0 Å². The van der Waals surface area contributed by atoms with Crippen LogP contribution in [0.1, 0.15) is 33.1 Å². The predicted octanol–water partition coefficient (Wildman–Crippen LogP) is 2.54. The first kappa shape index (κ1) is 13.9. The Morgan fingerprint density at radius 3 is 2.74 bits per heavy atom. The van der Waals surface area contributed by atoms with Gasteiger partial charge in [0.15, 0.2) is 11.6 Å². The number of methoxy groups -OCH3 is 1. The van der Waals surface area contributed by atoms with Crippen LogP contribution in [0.15, 0.2) is 6.33 Å². The van der Waals surface area contributed by atoms with E-state index < -0.39 is 0 Å². The second kappa shape index (κ2) is 6.59. The molecule has 0 bridgehead atoms. The Kier molecular flexibility index (Phi) is 4.82. The minimum atomic E-state index is 0.762. The van der Waals surface area contributed by atoms with Gasteiger partial charge in [0.05, 0.1) is 7.11 Å². The number of anilines is 2. The van der Waals surface area contributed by atoms with Crippen LogP contribution in [0.3, 0.4) is 0 Å². The van der Waals surface area contributed by atoms with Crippen molar-refractivity contribution in [1.29, 1.82) is 0 Å². The Morgan fingerprint density at radius 2 is 2.16 bits per heavy atom. The average Bonchev–Trinajstić information content (AvgIpc) is 3.26. The Balaban J connectivity index is 2.20. The van der Waals surface area contributed by atoms with Crippen molar-refractivity contribution in [3.8, 4) is 5.75 Å². The fraction of sp³-hybridized carbons (Fsp3) is 0.714. The zero-order valence-corrected chi connectivity index (χ0v) is 12.1. The molecular formula is C14H24N4O. The zero-order chi connectivity index (χ0) is 13.7. The summed E-state index contributed by atoms with van der Waals surface area (Å²) in [6, 6.07) is 0. The normalized spacial score (nSPS) is 14.3. The monoisotopic (exact) mass is 264 g/mol. The van der Waals surface area contributed by atoms with Gasteiger partial charge in [-0.3, -0.25) is 0 Å². The van der Waals surface area contributed by atoms with Gasteiger partial charge in [0, 0.05) is 19.6 Å². The highest BCUT2D eigenvalue weighted by atomic mass is 16.5. The van der Waals surface area contributed by atoms with E-state index in [1.165, 1.54) is 12.8 Å². The van der Waals surface area contributed by atoms with Crippen molar-refractivity contribution in [2.75, 3.05) is 37.0 Å². The van der Waals surface area contributed by atoms with Crippen LogP contribution in [0.5, 0.6) is 5.75 Å². The van der Waals surface area contributed by atoms with E-state index in [4.69, 9.17) is 4.74 Å². The molecule has 1 aromatic heterocycles. The molecule has 1 aromatic rings. The van der Waals surface area contributed by atoms with Crippen molar-refractivity contribution in [1.82, 2.24) is 9.97 Å². The van der Waals surface area contributed by atoms with Crippen LogP contribution in [0, 0.1) is 5.92 Å². The predicted molar refractivity (Wildman–Crippen MR) is 78.0 cm³/mol. The van der Waals surface area contributed by atoms with Gasteiger partial charge in [-0.25, -0.2) is 9.97 Å². The van der Waals surface area contributed by atoms with E-state index in [1.807, 2.05) is 0 Å². The van der Waals surface area contributed by atoms with Crippen LogP contribution in [0.2, 0.25) is 0 Å². The van der Waals surface area contributed by atoms with Crippen molar-refractivity contribution in [3.63, 3.8) is 0 Å². The Labute approximate surface area is 115 Å². The summed E-state index contributed by atoms with van der Waals surface area (Å²) in [6.07, 6.45) is 5.35. The summed E-state index contributed by atoms with van der Waals surface area (Å²) in [5, 5.41) is 3.30. The Bertz CT molecular complexity index is 406. The maximum absolute atomic E-state index is 5.53. The molecule has 19 heavy (non-hydrogen) atoms. The van der Waals surface area contributed by atoms with Gasteiger partial charge in [0.2, 0.25) is 5.75 Å². The highest BCUT2D eigenvalue weighted by molar-refractivity contribution is 5.64. The maximum Gasteiger partial charge on any atom is 0.204 e. The highest BCUT2D eigenvalue weighted by Crippen LogP contribution is 2.36. The maximum atomic E-state index is 5.53. The molecule has 0 amide bonds. The first-order valence-corrected chi connectivity index (χ1v) is 7.17. The largest absolute Gasteiger partial charge is 0.490 e. The SMILES string of the molecule is CCCNc1ncnc(N(CC)CC2CC2)c1OC. The molecule has 1 heterocycles. The second-order valence-corrected chi connectivity index (χ2v) is 4.99. The molecule has 0 radical (unpaired) electrons. The number of nitrogens with one attached hydrogen (secondary N) is 1. The molecule has 2 rings (SSSR count). The van der Waals surface area contributed by atoms with E-state index in [9.17, 15) is 0 Å². The minimum Gasteiger partial charge on any atom is -0.490 e. The van der Waals surface area contributed by atoms with E-state index in [0.717, 1.165) is 49.4 Å². The second-order valence-electron chi connectivity index (χ2n) is 4.99. The molecular weight excluding hydrogens is 240 g/mol. The highest BCUT2D eigenvalue weighted by Gasteiger charge is 2.26. The third kappa shape index (κ3) is 3.49. The van der Waals surface area contributed by atoms with Gasteiger partial charge in [-0.1, -0.05) is 6.92 Å². The van der Waals surface area contributed by atoms with Crippen LogP contribution in [0.25, 0.3) is 0 Å². The van der Waals surface area contributed by atoms with E-state index in [2.05, 4.69) is 34.0 Å². The standard InChI is InChI=1S/C14H24N4O/c1-4-8-15-13-12(19-3)14(17-10-16-13)18(5-2)9-11-6-7-11/h10-11H,4-9H2,1-3H3,(H,15,16,17). The van der Waals surface area contributed by atoms with Crippen LogP contribution in [0.4, 0.5) is 11.6 Å². The number of rotatable bonds is 8. The molecule has 1 N–H and O–H groups in total. The summed E-state index contributed by atoms with van der Waals surface area (Å²) < 4.78 is 5.53. The molecule has 5 nitrogen and oxygen atoms in total. The Morgan fingerprint density at radius 1 is 1.37 bits per heavy atom. The topological polar surface area (TPSA) is 50.3 Å². The van der Waals surface area contributed by atoms with Crippen molar-refractivity contribution in [2.24, 2.45) is 5.92 Å². The number of hydrogen-bond acceptors (Lipinski definition) is 5. The summed E-state index contributed by atoms with van der Waals surface area (Å²) in [4.78, 5) is 11.0. The molecule has 0 aliphatic heterocycles. The van der Waals surface area contributed by atoms with Crippen molar-refractivity contribution < 1.29 is 4.74 Å². The van der Waals surface area contributed by atoms with E-state index in [-0.39, 0.29) is 0 Å². The lowest BCUT2D eigenvalue weighted by molar-refractivity contribution is 0.412. The summed E-state index contributed by atoms with van der Waals surface area (Å²) in [5.41, 5.74) is 0. The lowest BCUT2D eigenvalue weighted by atomic mass is 10.3. The van der Waals surface area contributed by atoms with Gasteiger partial charge in [-0.2, -0.15) is 0 Å². The van der Waals surface area contributed by atoms with Gasteiger partial charge < -0.3 is 15.0 Å². The molecule has 1 aliphatic rings. The quantitative estimate of drug-likeness (QED) is 0.782. The molecule has 1 aliphatic carbocycles. The first-order valence-electron chi connectivity index (χ1n) is 7.17. The average molecular weight is 264 g/mol. The fourth-order valence-electron chi connectivity index (χ4n) is 2.12. The third-order valence-corrected chi connectivity index (χ3v) is 3.39. The number of ether oxygens (including phenoxy) is 1. The number of nitrogens with zero attached hydrogens (tertiary/aromatic N) is 3. The van der Waals surface area contributed by atoms with E-state index in [1.54, 1.807) is 13.4 Å². The van der Waals surface area contributed by atoms with Crippen molar-refractivity contribution in [2.45, 2.75) is 33.1 Å². The molecule has 106 valence electrons. The van der Waals surface area contributed by atoms with E-state index >= 15 is 0 Å². The van der Waals surface area contributed by atoms with Crippen LogP contribution in [-0.4, -0.2) is 36.7 Å². The minimum absolute atomic E-state index is 0.762. The fourth-order valence-corrected chi connectivity index (χ4v) is 2.12. The molecule has 0 unspecified atom stereocenters. The smallest absolute Gasteiger partial charge is 0.204 e. The molecule has 5 heteroatoms. The number of aromatic nitrogens is 2. The lowest BCUT2D eigenvalue weighted by Crippen LogP contribution is -2.27. The molecule has 0 spiro atoms. The molecule has 0 atom stereocenters. The molecule has 1 saturated carbocycles. The Hall–Kier alpha value is -1.52. The van der Waals surface area contributed by atoms with Gasteiger partial charge in [0.1, 0.15) is 6.33 Å². The zero-order valence-electron chi connectivity index (χ0n) is 12.1.